The van der Waals surface area contributed by atoms with E-state index >= 15 is 0 Å². The van der Waals surface area contributed by atoms with E-state index in [2.05, 4.69) is 9.88 Å². The molecule has 0 atom stereocenters. The van der Waals surface area contributed by atoms with Crippen molar-refractivity contribution >= 4 is 15.8 Å². The molecule has 1 aliphatic rings. The number of benzene rings is 1. The first-order valence-corrected chi connectivity index (χ1v) is 14.1. The molecule has 216 valence electrons. The number of alkyl halides is 5. The van der Waals surface area contributed by atoms with Crippen LogP contribution < -0.4 is 0 Å². The lowest BCUT2D eigenvalue weighted by Gasteiger charge is -2.40. The molecule has 0 spiro atoms. The Balaban J connectivity index is 1.83. The predicted octanol–water partition coefficient (Wildman–Crippen LogP) is 5.85. The lowest BCUT2D eigenvalue weighted by molar-refractivity contribution is -0.284. The molecule has 3 rings (SSSR count). The van der Waals surface area contributed by atoms with E-state index in [1.54, 1.807) is 20.8 Å². The maximum atomic E-state index is 13.9. The fourth-order valence-electron chi connectivity index (χ4n) is 4.40. The number of rotatable bonds is 8. The molecule has 6 nitrogen and oxygen atoms in total. The van der Waals surface area contributed by atoms with Crippen LogP contribution in [0.15, 0.2) is 47.5 Å². The molecule has 0 unspecified atom stereocenters. The summed E-state index contributed by atoms with van der Waals surface area (Å²) < 4.78 is 95.2. The highest BCUT2D eigenvalue weighted by Gasteiger charge is 2.57. The molecular formula is C27H33F5N2O4S. The van der Waals surface area contributed by atoms with Gasteiger partial charge in [0.1, 0.15) is 5.60 Å². The summed E-state index contributed by atoms with van der Waals surface area (Å²) in [5.41, 5.74) is 0.225. The fraction of sp³-hybridized carbons (Fsp3) is 0.556. The number of piperidine rings is 1. The third-order valence-electron chi connectivity index (χ3n) is 6.82. The summed E-state index contributed by atoms with van der Waals surface area (Å²) in [5, 5.41) is 0. The minimum Gasteiger partial charge on any atom is -0.459 e. The molecule has 0 saturated carbocycles. The number of aryl methyl sites for hydroxylation is 1. The number of ether oxygens (including phenoxy) is 1. The van der Waals surface area contributed by atoms with Crippen LogP contribution in [-0.4, -0.2) is 66.4 Å². The van der Waals surface area contributed by atoms with Gasteiger partial charge in [0.15, 0.2) is 14.6 Å². The first-order chi connectivity index (χ1) is 17.9. The van der Waals surface area contributed by atoms with Crippen molar-refractivity contribution in [1.29, 1.82) is 0 Å². The van der Waals surface area contributed by atoms with Gasteiger partial charge >= 0.3 is 18.1 Å². The van der Waals surface area contributed by atoms with Crippen LogP contribution in [0.1, 0.15) is 52.5 Å². The number of aromatic nitrogens is 1. The maximum absolute atomic E-state index is 13.9. The van der Waals surface area contributed by atoms with E-state index < -0.39 is 51.1 Å². The Bertz CT molecular complexity index is 1250. The first-order valence-electron chi connectivity index (χ1n) is 12.6. The van der Waals surface area contributed by atoms with E-state index in [9.17, 15) is 35.2 Å². The number of pyridine rings is 1. The van der Waals surface area contributed by atoms with Gasteiger partial charge in [-0.15, -0.1) is 0 Å². The van der Waals surface area contributed by atoms with Gasteiger partial charge in [-0.25, -0.2) is 8.42 Å². The summed E-state index contributed by atoms with van der Waals surface area (Å²) in [6.45, 7) is 8.60. The largest absolute Gasteiger partial charge is 0.459 e. The van der Waals surface area contributed by atoms with E-state index in [1.165, 1.54) is 42.6 Å². The van der Waals surface area contributed by atoms with Gasteiger partial charge in [0, 0.05) is 31.3 Å². The van der Waals surface area contributed by atoms with Crippen LogP contribution in [0.2, 0.25) is 0 Å². The molecule has 0 amide bonds. The summed E-state index contributed by atoms with van der Waals surface area (Å²) in [4.78, 5) is 19.5. The highest BCUT2D eigenvalue weighted by molar-refractivity contribution is 7.93. The normalized spacial score (nSPS) is 17.2. The Kier molecular flexibility index (Phi) is 8.81. The van der Waals surface area contributed by atoms with Crippen LogP contribution in [0.4, 0.5) is 22.0 Å². The SMILES string of the molecule is CCN1CCC(C(=O)OC(C)(C)C)(S(=O)(=O)c2ccc(-c3ccc(CCC(F)(F)C(F)(F)F)cn3)cc2)CC1. The molecule has 0 radical (unpaired) electrons. The molecule has 0 N–H and O–H groups in total. The van der Waals surface area contributed by atoms with E-state index in [1.807, 2.05) is 6.92 Å². The molecule has 1 saturated heterocycles. The fourth-order valence-corrected chi connectivity index (χ4v) is 6.33. The lowest BCUT2D eigenvalue weighted by Crippen LogP contribution is -2.56. The monoisotopic (exact) mass is 576 g/mol. The molecule has 2 aromatic rings. The summed E-state index contributed by atoms with van der Waals surface area (Å²) in [6, 6.07) is 8.64. The van der Waals surface area contributed by atoms with Crippen LogP contribution in [0, 0.1) is 0 Å². The van der Waals surface area contributed by atoms with Gasteiger partial charge in [0.25, 0.3) is 0 Å². The van der Waals surface area contributed by atoms with Gasteiger partial charge in [0.05, 0.1) is 10.6 Å². The van der Waals surface area contributed by atoms with E-state index in [4.69, 9.17) is 4.74 Å². The Morgan fingerprint density at radius 3 is 2.05 bits per heavy atom. The predicted molar refractivity (Wildman–Crippen MR) is 136 cm³/mol. The summed E-state index contributed by atoms with van der Waals surface area (Å²) in [5.74, 6) is -5.57. The van der Waals surface area contributed by atoms with Crippen molar-refractivity contribution in [2.45, 2.75) is 80.7 Å². The summed E-state index contributed by atoms with van der Waals surface area (Å²) in [6.07, 6.45) is -6.12. The Morgan fingerprint density at radius 2 is 1.59 bits per heavy atom. The second kappa shape index (κ2) is 11.1. The number of esters is 1. The number of hydrogen-bond acceptors (Lipinski definition) is 6. The second-order valence-electron chi connectivity index (χ2n) is 10.7. The molecule has 0 aliphatic carbocycles. The summed E-state index contributed by atoms with van der Waals surface area (Å²) in [7, 11) is -4.15. The average Bonchev–Trinajstić information content (AvgIpc) is 2.86. The molecular weight excluding hydrogens is 543 g/mol. The number of carbonyl (C=O) groups is 1. The lowest BCUT2D eigenvalue weighted by atomic mass is 9.95. The number of carbonyl (C=O) groups excluding carboxylic acids is 1. The van der Waals surface area contributed by atoms with Crippen molar-refractivity contribution in [1.82, 2.24) is 9.88 Å². The molecule has 1 aromatic carbocycles. The third-order valence-corrected chi connectivity index (χ3v) is 9.32. The minimum atomic E-state index is -5.61. The van der Waals surface area contributed by atoms with Crippen molar-refractivity contribution in [2.24, 2.45) is 0 Å². The Labute approximate surface area is 225 Å². The van der Waals surface area contributed by atoms with Crippen LogP contribution >= 0.6 is 0 Å². The van der Waals surface area contributed by atoms with Gasteiger partial charge in [-0.3, -0.25) is 9.78 Å². The standard InChI is InChI=1S/C27H33F5N2O4S/c1-5-34-16-14-25(15-17-34,23(35)38-24(2,3)4)39(36,37)21-9-7-20(8-10-21)22-11-6-19(18-33-22)12-13-26(28,29)27(30,31)32/h6-11,18H,5,12-17H2,1-4H3. The first kappa shape index (κ1) is 30.9. The molecule has 0 bridgehead atoms. The molecule has 1 fully saturated rings. The highest BCUT2D eigenvalue weighted by atomic mass is 32.2. The molecule has 39 heavy (non-hydrogen) atoms. The van der Waals surface area contributed by atoms with Crippen molar-refractivity contribution in [2.75, 3.05) is 19.6 Å². The van der Waals surface area contributed by atoms with Crippen LogP contribution in [0.5, 0.6) is 0 Å². The van der Waals surface area contributed by atoms with E-state index in [0.717, 1.165) is 6.54 Å². The topological polar surface area (TPSA) is 76.6 Å². The maximum Gasteiger partial charge on any atom is 0.453 e. The number of halogens is 5. The van der Waals surface area contributed by atoms with Crippen molar-refractivity contribution < 1.29 is 39.9 Å². The Hall–Kier alpha value is -2.60. The summed E-state index contributed by atoms with van der Waals surface area (Å²) >= 11 is 0. The number of hydrogen-bond donors (Lipinski definition) is 0. The van der Waals surface area contributed by atoms with E-state index in [-0.39, 0.29) is 23.3 Å². The zero-order valence-electron chi connectivity index (χ0n) is 22.3. The quantitative estimate of drug-likeness (QED) is 0.290. The zero-order chi connectivity index (χ0) is 29.3. The van der Waals surface area contributed by atoms with Crippen LogP contribution in [0.25, 0.3) is 11.3 Å². The van der Waals surface area contributed by atoms with Crippen molar-refractivity contribution in [3.8, 4) is 11.3 Å². The zero-order valence-corrected chi connectivity index (χ0v) is 23.1. The number of nitrogens with zero attached hydrogens (tertiary/aromatic N) is 2. The molecule has 1 aliphatic heterocycles. The van der Waals surface area contributed by atoms with Gasteiger partial charge in [-0.1, -0.05) is 25.1 Å². The molecule has 12 heteroatoms. The highest BCUT2D eigenvalue weighted by Crippen LogP contribution is 2.40. The smallest absolute Gasteiger partial charge is 0.453 e. The van der Waals surface area contributed by atoms with Gasteiger partial charge < -0.3 is 9.64 Å². The average molecular weight is 577 g/mol. The number of sulfone groups is 1. The number of likely N-dealkylation sites (tertiary alicyclic amines) is 1. The van der Waals surface area contributed by atoms with Crippen molar-refractivity contribution in [3.05, 3.63) is 48.2 Å². The van der Waals surface area contributed by atoms with Gasteiger partial charge in [0.2, 0.25) is 0 Å². The van der Waals surface area contributed by atoms with Crippen LogP contribution in [-0.2, 0) is 25.8 Å². The molecule has 2 heterocycles. The second-order valence-corrected chi connectivity index (χ2v) is 13.0. The van der Waals surface area contributed by atoms with E-state index in [0.29, 0.717) is 24.3 Å². The Morgan fingerprint density at radius 1 is 1.00 bits per heavy atom. The van der Waals surface area contributed by atoms with Gasteiger partial charge in [-0.05, 0) is 70.3 Å². The minimum absolute atomic E-state index is 0.0481. The molecule has 1 aromatic heterocycles. The van der Waals surface area contributed by atoms with Crippen molar-refractivity contribution in [3.63, 3.8) is 0 Å². The third kappa shape index (κ3) is 6.77. The van der Waals surface area contributed by atoms with Crippen LogP contribution in [0.3, 0.4) is 0 Å². The van der Waals surface area contributed by atoms with Gasteiger partial charge in [-0.2, -0.15) is 22.0 Å².